The molecule has 25 heavy (non-hydrogen) atoms. The van der Waals surface area contributed by atoms with Crippen LogP contribution in [0.25, 0.3) is 11.1 Å². The van der Waals surface area contributed by atoms with Crippen molar-refractivity contribution in [3.05, 3.63) is 82.8 Å². The Hall–Kier alpha value is -2.61. The summed E-state index contributed by atoms with van der Waals surface area (Å²) in [6.07, 6.45) is 6.44. The molecule has 2 heteroatoms. The van der Waals surface area contributed by atoms with Gasteiger partial charge in [-0.3, -0.25) is 4.79 Å². The van der Waals surface area contributed by atoms with Crippen molar-refractivity contribution in [2.75, 3.05) is 0 Å². The van der Waals surface area contributed by atoms with Crippen LogP contribution in [0.5, 0.6) is 0 Å². The minimum absolute atomic E-state index is 0.0191. The van der Waals surface area contributed by atoms with E-state index in [-0.39, 0.29) is 11.2 Å². The van der Waals surface area contributed by atoms with E-state index in [9.17, 15) is 4.79 Å². The van der Waals surface area contributed by atoms with Crippen LogP contribution in [-0.2, 0) is 5.41 Å². The van der Waals surface area contributed by atoms with Crippen LogP contribution in [0.2, 0.25) is 0 Å². The Bertz CT molecular complexity index is 987. The van der Waals surface area contributed by atoms with Gasteiger partial charge in [0, 0.05) is 11.0 Å². The molecule has 0 unspecified atom stereocenters. The lowest BCUT2D eigenvalue weighted by atomic mass is 9.76. The number of ketones is 1. The van der Waals surface area contributed by atoms with Crippen molar-refractivity contribution in [2.24, 2.45) is 0 Å². The number of rotatable bonds is 2. The number of aryl methyl sites for hydroxylation is 1. The summed E-state index contributed by atoms with van der Waals surface area (Å²) in [5.41, 5.74) is 7.14. The molecular weight excluding hydrogens is 308 g/mol. The van der Waals surface area contributed by atoms with Crippen LogP contribution in [-0.4, -0.2) is 5.78 Å². The number of fused-ring (bicyclic) bond motifs is 5. The van der Waals surface area contributed by atoms with Crippen LogP contribution in [0.3, 0.4) is 0 Å². The van der Waals surface area contributed by atoms with Gasteiger partial charge in [-0.25, -0.2) is 0 Å². The molecule has 0 saturated heterocycles. The third-order valence-corrected chi connectivity index (χ3v) is 6.06. The van der Waals surface area contributed by atoms with Crippen LogP contribution in [0.4, 0.5) is 0 Å². The van der Waals surface area contributed by atoms with Gasteiger partial charge >= 0.3 is 0 Å². The van der Waals surface area contributed by atoms with E-state index in [0.717, 1.165) is 11.1 Å². The maximum absolute atomic E-state index is 12.9. The van der Waals surface area contributed by atoms with Crippen molar-refractivity contribution in [1.82, 2.24) is 0 Å². The number of hydrogen-bond acceptors (Lipinski definition) is 2. The number of hydrogen-bond donors (Lipinski definition) is 0. The fourth-order valence-electron chi connectivity index (χ4n) is 4.85. The first-order chi connectivity index (χ1) is 12.2. The second-order valence-corrected chi connectivity index (χ2v) is 7.36. The fraction of sp³-hybridized carbons (Fsp3) is 0.261. The van der Waals surface area contributed by atoms with Gasteiger partial charge in [0.05, 0.1) is 6.26 Å². The molecule has 2 nitrogen and oxygen atoms in total. The second kappa shape index (κ2) is 5.19. The lowest BCUT2D eigenvalue weighted by Gasteiger charge is -2.26. The highest BCUT2D eigenvalue weighted by molar-refractivity contribution is 6.08. The zero-order chi connectivity index (χ0) is 17.0. The summed E-state index contributed by atoms with van der Waals surface area (Å²) in [5, 5.41) is 0. The normalized spacial score (nSPS) is 16.8. The molecule has 1 saturated carbocycles. The highest BCUT2D eigenvalue weighted by Crippen LogP contribution is 2.56. The van der Waals surface area contributed by atoms with E-state index in [4.69, 9.17) is 4.42 Å². The van der Waals surface area contributed by atoms with Gasteiger partial charge in [0.1, 0.15) is 0 Å². The first kappa shape index (κ1) is 14.7. The maximum Gasteiger partial charge on any atom is 0.228 e. The molecule has 5 rings (SSSR count). The van der Waals surface area contributed by atoms with Crippen molar-refractivity contribution in [2.45, 2.75) is 38.0 Å². The van der Waals surface area contributed by atoms with E-state index in [2.05, 4.69) is 36.4 Å². The molecule has 3 aromatic rings. The van der Waals surface area contributed by atoms with Crippen molar-refractivity contribution in [3.8, 4) is 11.1 Å². The lowest BCUT2D eigenvalue weighted by Crippen LogP contribution is -2.20. The van der Waals surface area contributed by atoms with Crippen LogP contribution < -0.4 is 0 Å². The minimum atomic E-state index is -0.0191. The van der Waals surface area contributed by atoms with Gasteiger partial charge in [0.25, 0.3) is 0 Å². The van der Waals surface area contributed by atoms with Crippen LogP contribution in [0.1, 0.15) is 58.5 Å². The van der Waals surface area contributed by atoms with E-state index < -0.39 is 0 Å². The summed E-state index contributed by atoms with van der Waals surface area (Å²) in [5.74, 6) is 0.435. The third-order valence-electron chi connectivity index (χ3n) is 6.06. The average molecular weight is 328 g/mol. The Labute approximate surface area is 147 Å². The summed E-state index contributed by atoms with van der Waals surface area (Å²) in [6, 6.07) is 16.8. The summed E-state index contributed by atoms with van der Waals surface area (Å²) >= 11 is 0. The zero-order valence-corrected chi connectivity index (χ0v) is 14.3. The first-order valence-electron chi connectivity index (χ1n) is 9.04. The Balaban J connectivity index is 1.69. The number of furan rings is 1. The summed E-state index contributed by atoms with van der Waals surface area (Å²) in [4.78, 5) is 12.9. The van der Waals surface area contributed by atoms with Crippen LogP contribution >= 0.6 is 0 Å². The van der Waals surface area contributed by atoms with Crippen molar-refractivity contribution < 1.29 is 9.21 Å². The monoisotopic (exact) mass is 328 g/mol. The van der Waals surface area contributed by atoms with Gasteiger partial charge in [-0.2, -0.15) is 0 Å². The molecule has 1 aromatic heterocycles. The molecule has 0 bridgehead atoms. The topological polar surface area (TPSA) is 30.2 Å². The van der Waals surface area contributed by atoms with Crippen molar-refractivity contribution in [1.29, 1.82) is 0 Å². The minimum Gasteiger partial charge on any atom is -0.461 e. The molecule has 1 heterocycles. The smallest absolute Gasteiger partial charge is 0.228 e. The Kier molecular flexibility index (Phi) is 3.05. The predicted octanol–water partition coefficient (Wildman–Crippen LogP) is 5.66. The SMILES string of the molecule is Cc1ccoc1C(=O)c1ccc2c(c1)C1(CCCC1)c1ccccc1-2. The molecule has 0 amide bonds. The molecule has 124 valence electrons. The molecule has 1 fully saturated rings. The van der Waals surface area contributed by atoms with E-state index >= 15 is 0 Å². The quantitative estimate of drug-likeness (QED) is 0.568. The molecule has 1 spiro atoms. The molecular formula is C23H20O2. The van der Waals surface area contributed by atoms with Gasteiger partial charge < -0.3 is 4.42 Å². The average Bonchev–Trinajstić information content (AvgIpc) is 3.35. The molecule has 0 N–H and O–H groups in total. The highest BCUT2D eigenvalue weighted by Gasteiger charge is 2.45. The van der Waals surface area contributed by atoms with Gasteiger partial charge in [-0.05, 0) is 59.7 Å². The highest BCUT2D eigenvalue weighted by atomic mass is 16.3. The van der Waals surface area contributed by atoms with Gasteiger partial charge in [-0.15, -0.1) is 0 Å². The number of benzene rings is 2. The molecule has 0 aliphatic heterocycles. The Morgan fingerprint density at radius 2 is 1.72 bits per heavy atom. The predicted molar refractivity (Wildman–Crippen MR) is 98.0 cm³/mol. The van der Waals surface area contributed by atoms with Crippen LogP contribution in [0.15, 0.2) is 59.2 Å². The van der Waals surface area contributed by atoms with Crippen molar-refractivity contribution >= 4 is 5.78 Å². The molecule has 2 aliphatic rings. The zero-order valence-electron chi connectivity index (χ0n) is 14.3. The first-order valence-corrected chi connectivity index (χ1v) is 9.04. The van der Waals surface area contributed by atoms with Crippen LogP contribution in [0, 0.1) is 6.92 Å². The molecule has 0 atom stereocenters. The van der Waals surface area contributed by atoms with E-state index in [0.29, 0.717) is 5.76 Å². The van der Waals surface area contributed by atoms with E-state index in [1.165, 1.54) is 47.9 Å². The summed E-state index contributed by atoms with van der Waals surface area (Å²) in [7, 11) is 0. The summed E-state index contributed by atoms with van der Waals surface area (Å²) in [6.45, 7) is 1.92. The van der Waals surface area contributed by atoms with Gasteiger partial charge in [0.2, 0.25) is 5.78 Å². The summed E-state index contributed by atoms with van der Waals surface area (Å²) < 4.78 is 5.43. The largest absolute Gasteiger partial charge is 0.461 e. The standard InChI is InChI=1S/C23H20O2/c1-15-10-13-25-22(15)21(24)16-8-9-18-17-6-2-3-7-19(17)23(20(18)14-16)11-4-5-12-23/h2-3,6-10,13-14H,4-5,11-12H2,1H3. The van der Waals surface area contributed by atoms with E-state index in [1.54, 1.807) is 6.26 Å². The number of carbonyl (C=O) groups is 1. The molecule has 2 aromatic carbocycles. The lowest BCUT2D eigenvalue weighted by molar-refractivity contribution is 0.101. The molecule has 0 radical (unpaired) electrons. The van der Waals surface area contributed by atoms with E-state index in [1.807, 2.05) is 19.1 Å². The van der Waals surface area contributed by atoms with Gasteiger partial charge in [0.15, 0.2) is 5.76 Å². The molecule has 2 aliphatic carbocycles. The maximum atomic E-state index is 12.9. The van der Waals surface area contributed by atoms with Gasteiger partial charge in [-0.1, -0.05) is 49.2 Å². The fourth-order valence-corrected chi connectivity index (χ4v) is 4.85. The van der Waals surface area contributed by atoms with Crippen molar-refractivity contribution in [3.63, 3.8) is 0 Å². The second-order valence-electron chi connectivity index (χ2n) is 7.36. The third kappa shape index (κ3) is 1.94. The Morgan fingerprint density at radius 3 is 2.48 bits per heavy atom. The Morgan fingerprint density at radius 1 is 0.960 bits per heavy atom. The number of carbonyl (C=O) groups excluding carboxylic acids is 1.